The number of hydrogen-bond donors (Lipinski definition) is 0. The fourth-order valence-electron chi connectivity index (χ4n) is 1.92. The van der Waals surface area contributed by atoms with Gasteiger partial charge in [-0.15, -0.1) is 11.3 Å². The first-order valence-corrected chi connectivity index (χ1v) is 6.46. The highest BCUT2D eigenvalue weighted by molar-refractivity contribution is 7.15. The summed E-state index contributed by atoms with van der Waals surface area (Å²) in [7, 11) is 1.58. The van der Waals surface area contributed by atoms with E-state index >= 15 is 0 Å². The Balaban J connectivity index is 2.10. The standard InChI is InChI=1S/C12H16N2O2S/c1-8(2)11(16-3)10(15)6-9-7-14-4-5-17-12(14)13-9/h4-5,7-8,11H,6H2,1-3H3. The molecule has 0 aliphatic carbocycles. The van der Waals surface area contributed by atoms with E-state index in [9.17, 15) is 4.79 Å². The Bertz CT molecular complexity index is 487. The molecule has 2 heterocycles. The molecule has 2 aromatic heterocycles. The molecule has 0 spiro atoms. The minimum Gasteiger partial charge on any atom is -0.373 e. The molecule has 92 valence electrons. The van der Waals surface area contributed by atoms with Crippen LogP contribution in [0.4, 0.5) is 0 Å². The summed E-state index contributed by atoms with van der Waals surface area (Å²) in [5.74, 6) is 0.282. The fourth-order valence-corrected chi connectivity index (χ4v) is 2.63. The highest BCUT2D eigenvalue weighted by Gasteiger charge is 2.22. The van der Waals surface area contributed by atoms with Crippen LogP contribution in [0.25, 0.3) is 4.96 Å². The van der Waals surface area contributed by atoms with E-state index in [1.807, 2.05) is 36.0 Å². The van der Waals surface area contributed by atoms with Crippen molar-refractivity contribution in [2.24, 2.45) is 5.92 Å². The largest absolute Gasteiger partial charge is 0.373 e. The lowest BCUT2D eigenvalue weighted by molar-refractivity contribution is -0.130. The molecule has 2 rings (SSSR count). The summed E-state index contributed by atoms with van der Waals surface area (Å²) in [5, 5.41) is 1.97. The van der Waals surface area contributed by atoms with Crippen LogP contribution in [0.15, 0.2) is 17.8 Å². The minimum atomic E-state index is -0.338. The minimum absolute atomic E-state index is 0.0910. The van der Waals surface area contributed by atoms with Gasteiger partial charge in [-0.1, -0.05) is 13.8 Å². The van der Waals surface area contributed by atoms with Crippen molar-refractivity contribution in [3.63, 3.8) is 0 Å². The van der Waals surface area contributed by atoms with Crippen molar-refractivity contribution >= 4 is 22.1 Å². The van der Waals surface area contributed by atoms with Gasteiger partial charge in [-0.2, -0.15) is 0 Å². The molecule has 0 amide bonds. The highest BCUT2D eigenvalue weighted by Crippen LogP contribution is 2.14. The zero-order valence-electron chi connectivity index (χ0n) is 10.2. The zero-order chi connectivity index (χ0) is 12.4. The number of carbonyl (C=O) groups excluding carboxylic acids is 1. The van der Waals surface area contributed by atoms with E-state index in [1.54, 1.807) is 18.4 Å². The molecule has 0 saturated carbocycles. The lowest BCUT2D eigenvalue weighted by Gasteiger charge is -2.16. The Kier molecular flexibility index (Phi) is 3.59. The third-order valence-electron chi connectivity index (χ3n) is 2.68. The molecular formula is C12H16N2O2S. The first-order chi connectivity index (χ1) is 8.11. The summed E-state index contributed by atoms with van der Waals surface area (Å²) >= 11 is 1.56. The molecule has 0 fully saturated rings. The number of imidazole rings is 1. The molecule has 5 heteroatoms. The van der Waals surface area contributed by atoms with E-state index in [4.69, 9.17) is 4.74 Å². The van der Waals surface area contributed by atoms with Gasteiger partial charge in [0, 0.05) is 24.9 Å². The Morgan fingerprint density at radius 2 is 2.35 bits per heavy atom. The van der Waals surface area contributed by atoms with Crippen LogP contribution in [0.2, 0.25) is 0 Å². The lowest BCUT2D eigenvalue weighted by Crippen LogP contribution is -2.30. The molecule has 1 unspecified atom stereocenters. The maximum Gasteiger partial charge on any atom is 0.193 e. The summed E-state index contributed by atoms with van der Waals surface area (Å²) in [6.45, 7) is 3.97. The molecule has 0 N–H and O–H groups in total. The Morgan fingerprint density at radius 1 is 1.59 bits per heavy atom. The second-order valence-electron chi connectivity index (χ2n) is 4.37. The first kappa shape index (κ1) is 12.3. The number of methoxy groups -OCH3 is 1. The van der Waals surface area contributed by atoms with E-state index in [0.717, 1.165) is 10.7 Å². The summed E-state index contributed by atoms with van der Waals surface area (Å²) in [5.41, 5.74) is 0.810. The van der Waals surface area contributed by atoms with Crippen LogP contribution < -0.4 is 0 Å². The third kappa shape index (κ3) is 2.56. The van der Waals surface area contributed by atoms with Crippen LogP contribution in [0.1, 0.15) is 19.5 Å². The molecule has 0 radical (unpaired) electrons. The average Bonchev–Trinajstić information content (AvgIpc) is 2.77. The van der Waals surface area contributed by atoms with Gasteiger partial charge in [-0.3, -0.25) is 9.20 Å². The molecular weight excluding hydrogens is 236 g/mol. The van der Waals surface area contributed by atoms with Gasteiger partial charge in [0.25, 0.3) is 0 Å². The molecule has 0 bridgehead atoms. The zero-order valence-corrected chi connectivity index (χ0v) is 11.0. The monoisotopic (exact) mass is 252 g/mol. The molecule has 17 heavy (non-hydrogen) atoms. The van der Waals surface area contributed by atoms with Gasteiger partial charge in [0.2, 0.25) is 0 Å². The fraction of sp³-hybridized carbons (Fsp3) is 0.500. The molecule has 0 saturated heterocycles. The number of hydrogen-bond acceptors (Lipinski definition) is 4. The SMILES string of the molecule is COC(C(=O)Cc1cn2ccsc2n1)C(C)C. The maximum absolute atomic E-state index is 12.0. The van der Waals surface area contributed by atoms with Crippen molar-refractivity contribution in [2.75, 3.05) is 7.11 Å². The first-order valence-electron chi connectivity index (χ1n) is 5.58. The number of fused-ring (bicyclic) bond motifs is 1. The summed E-state index contributed by atoms with van der Waals surface area (Å²) in [6.07, 6.45) is 3.84. The molecule has 2 aromatic rings. The van der Waals surface area contributed by atoms with E-state index in [2.05, 4.69) is 4.98 Å². The molecule has 4 nitrogen and oxygen atoms in total. The summed E-state index contributed by atoms with van der Waals surface area (Å²) < 4.78 is 7.15. The van der Waals surface area contributed by atoms with Crippen LogP contribution in [0.3, 0.4) is 0 Å². The van der Waals surface area contributed by atoms with E-state index in [-0.39, 0.29) is 17.8 Å². The highest BCUT2D eigenvalue weighted by atomic mass is 32.1. The van der Waals surface area contributed by atoms with Gasteiger partial charge >= 0.3 is 0 Å². The van der Waals surface area contributed by atoms with Gasteiger partial charge in [0.1, 0.15) is 6.10 Å². The van der Waals surface area contributed by atoms with Gasteiger partial charge in [0.05, 0.1) is 12.1 Å². The number of Topliss-reactive ketones (excluding diaryl/α,β-unsaturated/α-hetero) is 1. The number of nitrogens with zero attached hydrogens (tertiary/aromatic N) is 2. The Labute approximate surface area is 104 Å². The van der Waals surface area contributed by atoms with E-state index in [0.29, 0.717) is 6.42 Å². The van der Waals surface area contributed by atoms with Crippen LogP contribution in [-0.4, -0.2) is 28.4 Å². The number of aromatic nitrogens is 2. The summed E-state index contributed by atoms with van der Waals surface area (Å²) in [6, 6.07) is 0. The topological polar surface area (TPSA) is 43.6 Å². The van der Waals surface area contributed by atoms with Crippen molar-refractivity contribution in [1.29, 1.82) is 0 Å². The van der Waals surface area contributed by atoms with Gasteiger partial charge < -0.3 is 4.74 Å². The number of ketones is 1. The van der Waals surface area contributed by atoms with Crippen LogP contribution in [0, 0.1) is 5.92 Å². The number of ether oxygens (including phenoxy) is 1. The van der Waals surface area contributed by atoms with Gasteiger partial charge in [0.15, 0.2) is 10.7 Å². The van der Waals surface area contributed by atoms with Gasteiger partial charge in [-0.25, -0.2) is 4.98 Å². The Morgan fingerprint density at radius 3 is 2.94 bits per heavy atom. The normalized spacial score (nSPS) is 13.4. The van der Waals surface area contributed by atoms with Crippen LogP contribution in [0.5, 0.6) is 0 Å². The lowest BCUT2D eigenvalue weighted by atomic mass is 10.0. The smallest absolute Gasteiger partial charge is 0.193 e. The van der Waals surface area contributed by atoms with Crippen LogP contribution in [-0.2, 0) is 16.0 Å². The summed E-state index contributed by atoms with van der Waals surface area (Å²) in [4.78, 5) is 17.3. The number of rotatable bonds is 5. The number of thiazole rings is 1. The predicted octanol–water partition coefficient (Wildman–Crippen LogP) is 2.18. The molecule has 0 aliphatic heterocycles. The van der Waals surface area contributed by atoms with Crippen molar-refractivity contribution < 1.29 is 9.53 Å². The van der Waals surface area contributed by atoms with E-state index in [1.165, 1.54) is 0 Å². The van der Waals surface area contributed by atoms with E-state index < -0.39 is 0 Å². The number of carbonyl (C=O) groups is 1. The average molecular weight is 252 g/mol. The maximum atomic E-state index is 12.0. The van der Waals surface area contributed by atoms with Crippen LogP contribution >= 0.6 is 11.3 Å². The molecule has 0 aromatic carbocycles. The van der Waals surface area contributed by atoms with Crippen molar-refractivity contribution in [1.82, 2.24) is 9.38 Å². The molecule has 1 atom stereocenters. The molecule has 0 aliphatic rings. The second-order valence-corrected chi connectivity index (χ2v) is 5.24. The third-order valence-corrected chi connectivity index (χ3v) is 3.45. The predicted molar refractivity (Wildman–Crippen MR) is 67.4 cm³/mol. The quantitative estimate of drug-likeness (QED) is 0.819. The second kappa shape index (κ2) is 4.98. The van der Waals surface area contributed by atoms with Gasteiger partial charge in [-0.05, 0) is 5.92 Å². The van der Waals surface area contributed by atoms with Crippen molar-refractivity contribution in [3.8, 4) is 0 Å². The van der Waals surface area contributed by atoms with Crippen molar-refractivity contribution in [2.45, 2.75) is 26.4 Å². The Hall–Kier alpha value is -1.20. The van der Waals surface area contributed by atoms with Crippen molar-refractivity contribution in [3.05, 3.63) is 23.5 Å².